The normalized spacial score (nSPS) is 13.9. The first-order chi connectivity index (χ1) is 9.44. The lowest BCUT2D eigenvalue weighted by Crippen LogP contribution is -2.24. The summed E-state index contributed by atoms with van der Waals surface area (Å²) in [7, 11) is 0. The summed E-state index contributed by atoms with van der Waals surface area (Å²) in [5.74, 6) is -0.323. The van der Waals surface area contributed by atoms with Crippen molar-refractivity contribution in [1.82, 2.24) is 0 Å². The first-order valence-electron chi connectivity index (χ1n) is 7.83. The standard InChI is InChI=1S/C16H30O4/c1-6-9-13(7-2)19-15(17)10-11-16(18)20-14(8-3)12(4)5/h12-14H,6-11H2,1-5H3. The Kier molecular flexibility index (Phi) is 10.1. The number of ether oxygens (including phenoxy) is 2. The molecule has 4 nitrogen and oxygen atoms in total. The monoisotopic (exact) mass is 286 g/mol. The molecule has 20 heavy (non-hydrogen) atoms. The van der Waals surface area contributed by atoms with E-state index in [4.69, 9.17) is 9.47 Å². The summed E-state index contributed by atoms with van der Waals surface area (Å²) in [6.45, 7) is 10.1. The number of carbonyl (C=O) groups excluding carboxylic acids is 2. The number of hydrogen-bond acceptors (Lipinski definition) is 4. The second-order valence-electron chi connectivity index (χ2n) is 5.49. The fourth-order valence-corrected chi connectivity index (χ4v) is 2.04. The van der Waals surface area contributed by atoms with Crippen LogP contribution < -0.4 is 0 Å². The van der Waals surface area contributed by atoms with Crippen molar-refractivity contribution in [2.45, 2.75) is 85.4 Å². The maximum Gasteiger partial charge on any atom is 0.306 e. The molecule has 0 N–H and O–H groups in total. The summed E-state index contributed by atoms with van der Waals surface area (Å²) >= 11 is 0. The van der Waals surface area contributed by atoms with Gasteiger partial charge in [-0.15, -0.1) is 0 Å². The van der Waals surface area contributed by atoms with Crippen molar-refractivity contribution in [3.63, 3.8) is 0 Å². The van der Waals surface area contributed by atoms with Crippen LogP contribution in [0.2, 0.25) is 0 Å². The van der Waals surface area contributed by atoms with Crippen LogP contribution in [0.4, 0.5) is 0 Å². The molecule has 4 heteroatoms. The zero-order valence-corrected chi connectivity index (χ0v) is 13.6. The maximum absolute atomic E-state index is 11.7. The third kappa shape index (κ3) is 8.18. The molecule has 0 aliphatic carbocycles. The van der Waals surface area contributed by atoms with Crippen LogP contribution in [-0.4, -0.2) is 24.1 Å². The zero-order chi connectivity index (χ0) is 15.5. The molecule has 0 bridgehead atoms. The van der Waals surface area contributed by atoms with E-state index in [0.717, 1.165) is 25.7 Å². The van der Waals surface area contributed by atoms with Gasteiger partial charge in [0.1, 0.15) is 12.2 Å². The number of rotatable bonds is 10. The van der Waals surface area contributed by atoms with Gasteiger partial charge in [0.2, 0.25) is 0 Å². The molecular weight excluding hydrogens is 256 g/mol. The summed E-state index contributed by atoms with van der Waals surface area (Å²) in [5, 5.41) is 0. The third-order valence-corrected chi connectivity index (χ3v) is 3.33. The minimum Gasteiger partial charge on any atom is -0.462 e. The van der Waals surface area contributed by atoms with Crippen LogP contribution in [0, 0.1) is 5.92 Å². The molecule has 2 unspecified atom stereocenters. The van der Waals surface area contributed by atoms with Crippen LogP contribution >= 0.6 is 0 Å². The molecule has 0 saturated heterocycles. The van der Waals surface area contributed by atoms with E-state index >= 15 is 0 Å². The van der Waals surface area contributed by atoms with Crippen molar-refractivity contribution >= 4 is 11.9 Å². The quantitative estimate of drug-likeness (QED) is 0.572. The summed E-state index contributed by atoms with van der Waals surface area (Å²) in [4.78, 5) is 23.3. The van der Waals surface area contributed by atoms with Crippen LogP contribution in [0.5, 0.6) is 0 Å². The fourth-order valence-electron chi connectivity index (χ4n) is 2.04. The Hall–Kier alpha value is -1.06. The van der Waals surface area contributed by atoms with Crippen molar-refractivity contribution in [1.29, 1.82) is 0 Å². The number of carbonyl (C=O) groups is 2. The van der Waals surface area contributed by atoms with E-state index in [0.29, 0.717) is 5.92 Å². The predicted octanol–water partition coefficient (Wildman–Crippen LogP) is 3.87. The summed E-state index contributed by atoms with van der Waals surface area (Å²) < 4.78 is 10.7. The zero-order valence-electron chi connectivity index (χ0n) is 13.6. The topological polar surface area (TPSA) is 52.6 Å². The SMILES string of the molecule is CCCC(CC)OC(=O)CCC(=O)OC(CC)C(C)C. The van der Waals surface area contributed by atoms with E-state index in [-0.39, 0.29) is 37.0 Å². The largest absolute Gasteiger partial charge is 0.462 e. The van der Waals surface area contributed by atoms with Gasteiger partial charge in [-0.1, -0.05) is 41.0 Å². The Balaban J connectivity index is 4.02. The van der Waals surface area contributed by atoms with E-state index in [1.54, 1.807) is 0 Å². The van der Waals surface area contributed by atoms with Crippen molar-refractivity contribution in [2.24, 2.45) is 5.92 Å². The average Bonchev–Trinajstić information content (AvgIpc) is 2.41. The van der Waals surface area contributed by atoms with Crippen molar-refractivity contribution in [2.75, 3.05) is 0 Å². The molecule has 0 aromatic carbocycles. The van der Waals surface area contributed by atoms with Crippen molar-refractivity contribution < 1.29 is 19.1 Å². The van der Waals surface area contributed by atoms with Crippen LogP contribution in [0.3, 0.4) is 0 Å². The van der Waals surface area contributed by atoms with Gasteiger partial charge in [0.15, 0.2) is 0 Å². The number of esters is 2. The molecule has 0 fully saturated rings. The van der Waals surface area contributed by atoms with Gasteiger partial charge in [-0.2, -0.15) is 0 Å². The van der Waals surface area contributed by atoms with Gasteiger partial charge >= 0.3 is 11.9 Å². The molecule has 118 valence electrons. The van der Waals surface area contributed by atoms with Gasteiger partial charge in [-0.3, -0.25) is 9.59 Å². The van der Waals surface area contributed by atoms with E-state index in [1.165, 1.54) is 0 Å². The molecule has 0 aliphatic rings. The second-order valence-corrected chi connectivity index (χ2v) is 5.49. The summed E-state index contributed by atoms with van der Waals surface area (Å²) in [6.07, 6.45) is 3.58. The minimum atomic E-state index is -0.314. The molecule has 0 amide bonds. The Bertz CT molecular complexity index is 286. The van der Waals surface area contributed by atoms with E-state index < -0.39 is 0 Å². The Morgan fingerprint density at radius 2 is 1.45 bits per heavy atom. The van der Waals surface area contributed by atoms with E-state index in [2.05, 4.69) is 6.92 Å². The van der Waals surface area contributed by atoms with E-state index in [1.807, 2.05) is 27.7 Å². The predicted molar refractivity (Wildman–Crippen MR) is 79.3 cm³/mol. The van der Waals surface area contributed by atoms with Crippen molar-refractivity contribution in [3.05, 3.63) is 0 Å². The van der Waals surface area contributed by atoms with Gasteiger partial charge < -0.3 is 9.47 Å². The van der Waals surface area contributed by atoms with Gasteiger partial charge in [-0.05, 0) is 25.2 Å². The Labute approximate surface area is 123 Å². The smallest absolute Gasteiger partial charge is 0.306 e. The lowest BCUT2D eigenvalue weighted by Gasteiger charge is -2.19. The molecule has 0 spiro atoms. The van der Waals surface area contributed by atoms with Gasteiger partial charge in [-0.25, -0.2) is 0 Å². The second kappa shape index (κ2) is 10.7. The molecular formula is C16H30O4. The fraction of sp³-hybridized carbons (Fsp3) is 0.875. The highest BCUT2D eigenvalue weighted by molar-refractivity contribution is 5.77. The molecule has 0 aromatic rings. The summed E-state index contributed by atoms with van der Waals surface area (Å²) in [5.41, 5.74) is 0. The Morgan fingerprint density at radius 1 is 0.900 bits per heavy atom. The van der Waals surface area contributed by atoms with Crippen LogP contribution in [0.1, 0.15) is 73.1 Å². The van der Waals surface area contributed by atoms with Gasteiger partial charge in [0, 0.05) is 0 Å². The van der Waals surface area contributed by atoms with Crippen LogP contribution in [0.15, 0.2) is 0 Å². The van der Waals surface area contributed by atoms with Gasteiger partial charge in [0.25, 0.3) is 0 Å². The van der Waals surface area contributed by atoms with Crippen LogP contribution in [-0.2, 0) is 19.1 Å². The molecule has 0 rings (SSSR count). The lowest BCUT2D eigenvalue weighted by atomic mass is 10.1. The summed E-state index contributed by atoms with van der Waals surface area (Å²) in [6, 6.07) is 0. The minimum absolute atomic E-state index is 0.0254. The molecule has 2 atom stereocenters. The lowest BCUT2D eigenvalue weighted by molar-refractivity contribution is -0.157. The highest BCUT2D eigenvalue weighted by atomic mass is 16.6. The highest BCUT2D eigenvalue weighted by Crippen LogP contribution is 2.13. The van der Waals surface area contributed by atoms with E-state index in [9.17, 15) is 9.59 Å². The molecule has 0 radical (unpaired) electrons. The average molecular weight is 286 g/mol. The van der Waals surface area contributed by atoms with Gasteiger partial charge in [0.05, 0.1) is 12.8 Å². The first kappa shape index (κ1) is 18.9. The molecule has 0 heterocycles. The molecule has 0 saturated carbocycles. The Morgan fingerprint density at radius 3 is 1.85 bits per heavy atom. The highest BCUT2D eigenvalue weighted by Gasteiger charge is 2.18. The molecule has 0 aromatic heterocycles. The first-order valence-corrected chi connectivity index (χ1v) is 7.83. The maximum atomic E-state index is 11.7. The van der Waals surface area contributed by atoms with Crippen LogP contribution in [0.25, 0.3) is 0 Å². The molecule has 0 aliphatic heterocycles. The third-order valence-electron chi connectivity index (χ3n) is 3.33. The number of hydrogen-bond donors (Lipinski definition) is 0. The van der Waals surface area contributed by atoms with Crippen molar-refractivity contribution in [3.8, 4) is 0 Å².